The summed E-state index contributed by atoms with van der Waals surface area (Å²) in [4.78, 5) is 49.6. The fourth-order valence-electron chi connectivity index (χ4n) is 6.58. The number of unbranched alkanes of at least 4 members (excludes halogenated alkanes) is 1. The van der Waals surface area contributed by atoms with Crippen LogP contribution in [-0.4, -0.2) is 73.0 Å². The normalized spacial score (nSPS) is 19.2. The van der Waals surface area contributed by atoms with Gasteiger partial charge in [0.2, 0.25) is 17.7 Å². The number of methoxy groups -OCH3 is 1. The van der Waals surface area contributed by atoms with Crippen molar-refractivity contribution in [1.29, 1.82) is 0 Å². The van der Waals surface area contributed by atoms with Gasteiger partial charge in [-0.3, -0.25) is 14.4 Å². The average molecular weight is 714 g/mol. The van der Waals surface area contributed by atoms with Crippen LogP contribution in [0, 0.1) is 6.92 Å². The predicted octanol–water partition coefficient (Wildman–Crippen LogP) is 4.15. The molecule has 0 bridgehead atoms. The van der Waals surface area contributed by atoms with Crippen molar-refractivity contribution in [2.24, 2.45) is 11.5 Å². The number of nitrogens with two attached hydrogens (primary N) is 2. The van der Waals surface area contributed by atoms with Crippen LogP contribution < -0.4 is 32.2 Å². The van der Waals surface area contributed by atoms with Gasteiger partial charge >= 0.3 is 0 Å². The predicted molar refractivity (Wildman–Crippen MR) is 202 cm³/mol. The van der Waals surface area contributed by atoms with Gasteiger partial charge in [0.25, 0.3) is 0 Å². The third kappa shape index (κ3) is 9.50. The Kier molecular flexibility index (Phi) is 13.5. The number of aryl methyl sites for hydroxylation is 1. The molecule has 0 fully saturated rings. The van der Waals surface area contributed by atoms with Crippen LogP contribution in [0.4, 0.5) is 0 Å². The van der Waals surface area contributed by atoms with Gasteiger partial charge in [-0.1, -0.05) is 48.2 Å². The molecule has 11 nitrogen and oxygen atoms in total. The summed E-state index contributed by atoms with van der Waals surface area (Å²) in [6, 6.07) is 17.6. The first-order chi connectivity index (χ1) is 24.7. The number of aromatic amines is 1. The average Bonchev–Trinajstić information content (AvgIpc) is 3.55. The topological polar surface area (TPSA) is 168 Å². The Labute approximate surface area is 304 Å². The summed E-state index contributed by atoms with van der Waals surface area (Å²) in [7, 11) is 3.28. The number of H-pyrrole nitrogens is 1. The number of nitrogens with one attached hydrogen (secondary N) is 4. The lowest BCUT2D eigenvalue weighted by Gasteiger charge is -2.32. The molecule has 12 heteroatoms. The van der Waals surface area contributed by atoms with Crippen LogP contribution in [0.25, 0.3) is 10.9 Å². The lowest BCUT2D eigenvalue weighted by atomic mass is 10.0. The fourth-order valence-corrected chi connectivity index (χ4v) is 7.70. The molecule has 0 spiro atoms. The zero-order chi connectivity index (χ0) is 36.3. The summed E-state index contributed by atoms with van der Waals surface area (Å²) >= 11 is 1.62. The van der Waals surface area contributed by atoms with E-state index in [-0.39, 0.29) is 30.7 Å². The second-order valence-electron chi connectivity index (χ2n) is 13.1. The van der Waals surface area contributed by atoms with Crippen molar-refractivity contribution in [1.82, 2.24) is 25.8 Å². The number of amides is 3. The molecule has 3 unspecified atom stereocenters. The molecule has 0 aliphatic carbocycles. The van der Waals surface area contributed by atoms with Crippen LogP contribution in [0.5, 0.6) is 5.75 Å². The van der Waals surface area contributed by atoms with Gasteiger partial charge in [-0.2, -0.15) is 0 Å². The van der Waals surface area contributed by atoms with Crippen LogP contribution >= 0.6 is 11.8 Å². The highest BCUT2D eigenvalue weighted by molar-refractivity contribution is 7.99. The molecule has 2 heterocycles. The maximum atomic E-state index is 14.4. The van der Waals surface area contributed by atoms with E-state index in [9.17, 15) is 14.4 Å². The lowest BCUT2D eigenvalue weighted by Crippen LogP contribution is -2.57. The van der Waals surface area contributed by atoms with E-state index in [0.717, 1.165) is 42.9 Å². The van der Waals surface area contributed by atoms with Crippen LogP contribution in [0.1, 0.15) is 54.4 Å². The molecule has 272 valence electrons. The van der Waals surface area contributed by atoms with Crippen LogP contribution in [0.3, 0.4) is 0 Å². The van der Waals surface area contributed by atoms with Crippen molar-refractivity contribution in [2.45, 2.75) is 86.5 Å². The Bertz CT molecular complexity index is 1810. The van der Waals surface area contributed by atoms with Gasteiger partial charge in [0.15, 0.2) is 0 Å². The minimum atomic E-state index is -0.865. The molecule has 3 atom stereocenters. The number of carbonyl (C=O) groups is 3. The molecule has 1 aliphatic rings. The number of ether oxygens (including phenoxy) is 1. The highest BCUT2D eigenvalue weighted by Crippen LogP contribution is 2.37. The summed E-state index contributed by atoms with van der Waals surface area (Å²) in [6.07, 6.45) is 5.04. The molecule has 51 heavy (non-hydrogen) atoms. The Morgan fingerprint density at radius 2 is 1.63 bits per heavy atom. The second kappa shape index (κ2) is 18.2. The first kappa shape index (κ1) is 37.9. The van der Waals surface area contributed by atoms with Crippen molar-refractivity contribution in [3.8, 4) is 5.75 Å². The number of para-hydroxylation sites is 1. The number of aromatic nitrogens is 1. The molecular weight excluding hydrogens is 663 g/mol. The minimum Gasteiger partial charge on any atom is -0.497 e. The second-order valence-corrected chi connectivity index (χ2v) is 14.2. The molecule has 0 saturated heterocycles. The number of hydrogen-bond acceptors (Lipinski definition) is 8. The molecule has 3 aromatic carbocycles. The maximum Gasteiger partial charge on any atom is 0.245 e. The van der Waals surface area contributed by atoms with Gasteiger partial charge in [0.1, 0.15) is 17.8 Å². The van der Waals surface area contributed by atoms with E-state index in [1.807, 2.05) is 67.7 Å². The molecule has 0 radical (unpaired) electrons. The van der Waals surface area contributed by atoms with Crippen molar-refractivity contribution in [3.05, 3.63) is 89.1 Å². The number of rotatable bonds is 10. The minimum absolute atomic E-state index is 0.226. The smallest absolute Gasteiger partial charge is 0.245 e. The monoisotopic (exact) mass is 713 g/mol. The van der Waals surface area contributed by atoms with E-state index in [2.05, 4.69) is 27.0 Å². The first-order valence-electron chi connectivity index (χ1n) is 17.7. The van der Waals surface area contributed by atoms with Gasteiger partial charge in [0, 0.05) is 53.4 Å². The summed E-state index contributed by atoms with van der Waals surface area (Å²) in [5, 5.41) is 10.7. The number of likely N-dealkylation sites (N-methyl/N-ethyl adjacent to an activating group) is 1. The largest absolute Gasteiger partial charge is 0.497 e. The maximum absolute atomic E-state index is 14.4. The number of carbonyl (C=O) groups excluding carboxylic acids is 3. The molecule has 1 aromatic heterocycles. The van der Waals surface area contributed by atoms with Crippen LogP contribution in [0.15, 0.2) is 76.7 Å². The zero-order valence-electron chi connectivity index (χ0n) is 29.8. The molecule has 5 rings (SSSR count). The highest BCUT2D eigenvalue weighted by atomic mass is 32.2. The number of benzene rings is 3. The van der Waals surface area contributed by atoms with E-state index >= 15 is 0 Å². The molecular formula is C39H51N7O4S. The third-order valence-electron chi connectivity index (χ3n) is 9.52. The molecule has 0 saturated carbocycles. The van der Waals surface area contributed by atoms with Crippen molar-refractivity contribution < 1.29 is 19.1 Å². The summed E-state index contributed by atoms with van der Waals surface area (Å²) in [6.45, 7) is 3.60. The quantitative estimate of drug-likeness (QED) is 0.133. The number of fused-ring (bicyclic) bond motifs is 3. The Morgan fingerprint density at radius 3 is 2.41 bits per heavy atom. The first-order valence-corrected chi connectivity index (χ1v) is 18.5. The van der Waals surface area contributed by atoms with Gasteiger partial charge in [-0.25, -0.2) is 0 Å². The number of nitrogens with zero attached hydrogens (tertiary/aromatic N) is 1. The van der Waals surface area contributed by atoms with Gasteiger partial charge in [-0.15, -0.1) is 0 Å². The van der Waals surface area contributed by atoms with E-state index in [4.69, 9.17) is 16.2 Å². The summed E-state index contributed by atoms with van der Waals surface area (Å²) in [5.41, 5.74) is 16.5. The van der Waals surface area contributed by atoms with Crippen molar-refractivity contribution >= 4 is 40.4 Å². The van der Waals surface area contributed by atoms with E-state index in [1.54, 1.807) is 25.9 Å². The van der Waals surface area contributed by atoms with Gasteiger partial charge < -0.3 is 42.0 Å². The standard InChI is InChI=1S/C39H51N7O4S/c1-25-19-29(50-3)20-28-24-44-38(48)34(21-27-23-42-31-13-6-5-12-30(27)31)46(2)39(49)33(14-8-9-17-40)45-37(47)32(15-10-18-41)43-22-26-11-4-7-16-35(26)51-36(25)28/h4-7,11-13,16,19-20,23,32-34,42-43H,8-10,14-15,17-18,21-22,24,40-41H2,1-3H3,(H,44,48)(H,45,47). The fraction of sp³-hybridized carbons (Fsp3) is 0.410. The van der Waals surface area contributed by atoms with Crippen molar-refractivity contribution in [2.75, 3.05) is 27.2 Å². The third-order valence-corrected chi connectivity index (χ3v) is 10.9. The Balaban J connectivity index is 1.58. The highest BCUT2D eigenvalue weighted by Gasteiger charge is 2.34. The SMILES string of the molecule is COc1cc(C)c2c(c1)CNC(=O)C(Cc1c[nH]c3ccccc13)N(C)C(=O)C(CCCCN)NC(=O)C(CCCN)NCc1ccccc1S2. The molecule has 8 N–H and O–H groups in total. The zero-order valence-corrected chi connectivity index (χ0v) is 30.6. The molecule has 4 aromatic rings. The van der Waals surface area contributed by atoms with Crippen LogP contribution in [0.2, 0.25) is 0 Å². The molecule has 1 aliphatic heterocycles. The van der Waals surface area contributed by atoms with Crippen LogP contribution in [-0.2, 0) is 33.9 Å². The van der Waals surface area contributed by atoms with E-state index in [0.29, 0.717) is 57.5 Å². The Hall–Kier alpha value is -4.36. The van der Waals surface area contributed by atoms with Gasteiger partial charge in [-0.05, 0) is 98.6 Å². The lowest BCUT2D eigenvalue weighted by molar-refractivity contribution is -0.142. The summed E-state index contributed by atoms with van der Waals surface area (Å²) in [5.74, 6) is -0.214. The summed E-state index contributed by atoms with van der Waals surface area (Å²) < 4.78 is 5.64. The van der Waals surface area contributed by atoms with Gasteiger partial charge in [0.05, 0.1) is 13.2 Å². The van der Waals surface area contributed by atoms with Crippen molar-refractivity contribution in [3.63, 3.8) is 0 Å². The number of hydrogen-bond donors (Lipinski definition) is 6. The Morgan fingerprint density at radius 1 is 0.882 bits per heavy atom. The van der Waals surface area contributed by atoms with E-state index in [1.165, 1.54) is 4.90 Å². The van der Waals surface area contributed by atoms with E-state index < -0.39 is 18.1 Å². The molecule has 3 amide bonds.